The first kappa shape index (κ1) is 22.0. The Morgan fingerprint density at radius 2 is 1.94 bits per heavy atom. The Morgan fingerprint density at radius 3 is 2.71 bits per heavy atom. The standard InChI is InChI=1S/C23H31N5O2S/c1-18-3-2-4-20(17-18)31-23-21(24-7-8-26-23)28-10-5-19(6-11-28)22(29)25-9-12-27-13-15-30-16-14-27/h2-4,7-8,17,19H,5-6,9-16H2,1H3,(H,25,29). The molecule has 1 aromatic heterocycles. The average molecular weight is 442 g/mol. The number of hydrogen-bond acceptors (Lipinski definition) is 7. The minimum Gasteiger partial charge on any atom is -0.379 e. The van der Waals surface area contributed by atoms with Gasteiger partial charge in [-0.05, 0) is 31.9 Å². The number of aryl methyl sites for hydroxylation is 1. The van der Waals surface area contributed by atoms with Crippen LogP contribution in [0.5, 0.6) is 0 Å². The van der Waals surface area contributed by atoms with E-state index in [4.69, 9.17) is 4.74 Å². The second kappa shape index (κ2) is 10.9. The van der Waals surface area contributed by atoms with E-state index in [1.807, 2.05) is 0 Å². The summed E-state index contributed by atoms with van der Waals surface area (Å²) in [5, 5.41) is 4.05. The summed E-state index contributed by atoms with van der Waals surface area (Å²) < 4.78 is 5.37. The van der Waals surface area contributed by atoms with E-state index in [1.54, 1.807) is 24.2 Å². The largest absolute Gasteiger partial charge is 0.379 e. The van der Waals surface area contributed by atoms with Crippen LogP contribution in [0.3, 0.4) is 0 Å². The molecule has 0 spiro atoms. The first-order valence-electron chi connectivity index (χ1n) is 11.1. The Kier molecular flexibility index (Phi) is 7.77. The molecule has 0 aliphatic carbocycles. The van der Waals surface area contributed by atoms with Crippen molar-refractivity contribution in [2.75, 3.05) is 57.4 Å². The molecule has 0 saturated carbocycles. The summed E-state index contributed by atoms with van der Waals surface area (Å²) in [4.78, 5) is 27.6. The van der Waals surface area contributed by atoms with Crippen molar-refractivity contribution >= 4 is 23.5 Å². The van der Waals surface area contributed by atoms with Crippen LogP contribution in [-0.4, -0.2) is 73.3 Å². The highest BCUT2D eigenvalue weighted by Crippen LogP contribution is 2.34. The summed E-state index contributed by atoms with van der Waals surface area (Å²) in [6, 6.07) is 8.43. The number of ether oxygens (including phenoxy) is 1. The number of carbonyl (C=O) groups excluding carboxylic acids is 1. The van der Waals surface area contributed by atoms with E-state index in [-0.39, 0.29) is 11.8 Å². The van der Waals surface area contributed by atoms with E-state index in [0.29, 0.717) is 6.54 Å². The predicted octanol–water partition coefficient (Wildman–Crippen LogP) is 2.60. The van der Waals surface area contributed by atoms with E-state index in [9.17, 15) is 4.79 Å². The SMILES string of the molecule is Cc1cccc(Sc2nccnc2N2CCC(C(=O)NCCN3CCOCC3)CC2)c1. The van der Waals surface area contributed by atoms with Gasteiger partial charge in [-0.15, -0.1) is 0 Å². The van der Waals surface area contributed by atoms with E-state index in [1.165, 1.54) is 5.56 Å². The molecule has 2 aromatic rings. The number of morpholine rings is 1. The lowest BCUT2D eigenvalue weighted by Crippen LogP contribution is -2.44. The molecule has 4 rings (SSSR count). The smallest absolute Gasteiger partial charge is 0.223 e. The normalized spacial score (nSPS) is 18.2. The number of aromatic nitrogens is 2. The number of hydrogen-bond donors (Lipinski definition) is 1. The maximum atomic E-state index is 12.6. The molecule has 1 N–H and O–H groups in total. The van der Waals surface area contributed by atoms with Crippen molar-refractivity contribution in [3.63, 3.8) is 0 Å². The molecule has 7 nitrogen and oxygen atoms in total. The summed E-state index contributed by atoms with van der Waals surface area (Å²) >= 11 is 1.65. The number of benzene rings is 1. The summed E-state index contributed by atoms with van der Waals surface area (Å²) in [6.45, 7) is 8.83. The molecule has 1 amide bonds. The molecule has 0 bridgehead atoms. The van der Waals surface area contributed by atoms with Crippen molar-refractivity contribution in [2.45, 2.75) is 29.7 Å². The zero-order chi connectivity index (χ0) is 21.5. The summed E-state index contributed by atoms with van der Waals surface area (Å²) in [5.41, 5.74) is 1.23. The molecule has 1 aromatic carbocycles. The molecule has 0 unspecified atom stereocenters. The fourth-order valence-corrected chi connectivity index (χ4v) is 5.06. The molecule has 0 radical (unpaired) electrons. The molecule has 8 heteroatoms. The summed E-state index contributed by atoms with van der Waals surface area (Å²) in [7, 11) is 0. The number of nitrogens with zero attached hydrogens (tertiary/aromatic N) is 4. The molecular weight excluding hydrogens is 410 g/mol. The predicted molar refractivity (Wildman–Crippen MR) is 123 cm³/mol. The van der Waals surface area contributed by atoms with Gasteiger partial charge in [0.2, 0.25) is 5.91 Å². The second-order valence-electron chi connectivity index (χ2n) is 8.11. The van der Waals surface area contributed by atoms with Gasteiger partial charge in [0.1, 0.15) is 5.03 Å². The number of nitrogens with one attached hydrogen (secondary N) is 1. The highest BCUT2D eigenvalue weighted by Gasteiger charge is 2.27. The highest BCUT2D eigenvalue weighted by molar-refractivity contribution is 7.99. The van der Waals surface area contributed by atoms with Crippen LogP contribution in [0.1, 0.15) is 18.4 Å². The summed E-state index contributed by atoms with van der Waals surface area (Å²) in [6.07, 6.45) is 5.18. The van der Waals surface area contributed by atoms with Crippen LogP contribution in [0.25, 0.3) is 0 Å². The minimum absolute atomic E-state index is 0.0745. The van der Waals surface area contributed by atoms with Crippen LogP contribution in [0.2, 0.25) is 0 Å². The van der Waals surface area contributed by atoms with Crippen LogP contribution in [0.15, 0.2) is 46.6 Å². The van der Waals surface area contributed by atoms with Crippen molar-refractivity contribution in [2.24, 2.45) is 5.92 Å². The Morgan fingerprint density at radius 1 is 1.16 bits per heavy atom. The van der Waals surface area contributed by atoms with E-state index >= 15 is 0 Å². The van der Waals surface area contributed by atoms with Crippen LogP contribution < -0.4 is 10.2 Å². The van der Waals surface area contributed by atoms with Crippen molar-refractivity contribution in [3.8, 4) is 0 Å². The maximum absolute atomic E-state index is 12.6. The van der Waals surface area contributed by atoms with Crippen LogP contribution in [0, 0.1) is 12.8 Å². The molecule has 2 saturated heterocycles. The van der Waals surface area contributed by atoms with E-state index < -0.39 is 0 Å². The minimum atomic E-state index is 0.0745. The Hall–Kier alpha value is -2.16. The van der Waals surface area contributed by atoms with Gasteiger partial charge in [0, 0.05) is 62.5 Å². The van der Waals surface area contributed by atoms with Crippen molar-refractivity contribution in [1.29, 1.82) is 0 Å². The van der Waals surface area contributed by atoms with Gasteiger partial charge in [-0.3, -0.25) is 9.69 Å². The second-order valence-corrected chi connectivity index (χ2v) is 9.17. The van der Waals surface area contributed by atoms with Gasteiger partial charge in [0.15, 0.2) is 5.82 Å². The van der Waals surface area contributed by atoms with Gasteiger partial charge in [-0.1, -0.05) is 29.5 Å². The topological polar surface area (TPSA) is 70.6 Å². The molecule has 166 valence electrons. The van der Waals surface area contributed by atoms with Crippen LogP contribution >= 0.6 is 11.8 Å². The Balaban J connectivity index is 1.28. The van der Waals surface area contributed by atoms with Gasteiger partial charge in [0.25, 0.3) is 0 Å². The van der Waals surface area contributed by atoms with E-state index in [0.717, 1.165) is 74.5 Å². The molecule has 2 aliphatic rings. The zero-order valence-corrected chi connectivity index (χ0v) is 18.9. The monoisotopic (exact) mass is 441 g/mol. The molecule has 0 atom stereocenters. The Labute approximate surface area is 188 Å². The number of carbonyl (C=O) groups is 1. The lowest BCUT2D eigenvalue weighted by atomic mass is 9.96. The van der Waals surface area contributed by atoms with Crippen molar-refractivity contribution in [1.82, 2.24) is 20.2 Å². The fraction of sp³-hybridized carbons (Fsp3) is 0.522. The van der Waals surface area contributed by atoms with Crippen molar-refractivity contribution in [3.05, 3.63) is 42.2 Å². The lowest BCUT2D eigenvalue weighted by molar-refractivity contribution is -0.125. The molecule has 3 heterocycles. The highest BCUT2D eigenvalue weighted by atomic mass is 32.2. The van der Waals surface area contributed by atoms with Gasteiger partial charge in [-0.2, -0.15) is 0 Å². The Bertz CT molecular complexity index is 867. The van der Waals surface area contributed by atoms with Gasteiger partial charge >= 0.3 is 0 Å². The van der Waals surface area contributed by atoms with Crippen LogP contribution in [-0.2, 0) is 9.53 Å². The van der Waals surface area contributed by atoms with Crippen molar-refractivity contribution < 1.29 is 9.53 Å². The first-order chi connectivity index (χ1) is 15.2. The average Bonchev–Trinajstić information content (AvgIpc) is 2.80. The number of anilines is 1. The third-order valence-electron chi connectivity index (χ3n) is 5.85. The molecular formula is C23H31N5O2S. The van der Waals surface area contributed by atoms with Gasteiger partial charge in [-0.25, -0.2) is 9.97 Å². The third kappa shape index (κ3) is 6.18. The quantitative estimate of drug-likeness (QED) is 0.708. The fourth-order valence-electron chi connectivity index (χ4n) is 4.06. The van der Waals surface area contributed by atoms with Gasteiger partial charge < -0.3 is 15.0 Å². The molecule has 31 heavy (non-hydrogen) atoms. The maximum Gasteiger partial charge on any atom is 0.223 e. The van der Waals surface area contributed by atoms with Crippen LogP contribution in [0.4, 0.5) is 5.82 Å². The third-order valence-corrected chi connectivity index (χ3v) is 6.82. The lowest BCUT2D eigenvalue weighted by Gasteiger charge is -2.33. The number of piperidine rings is 1. The number of amides is 1. The zero-order valence-electron chi connectivity index (χ0n) is 18.1. The van der Waals surface area contributed by atoms with E-state index in [2.05, 4.69) is 56.3 Å². The summed E-state index contributed by atoms with van der Waals surface area (Å²) in [5.74, 6) is 1.17. The number of rotatable bonds is 7. The first-order valence-corrected chi connectivity index (χ1v) is 11.9. The molecule has 2 fully saturated rings. The van der Waals surface area contributed by atoms with Gasteiger partial charge in [0.05, 0.1) is 13.2 Å². The molecule has 2 aliphatic heterocycles.